The molecule has 0 saturated heterocycles. The minimum Gasteiger partial charge on any atom is -0.369 e. The van der Waals surface area contributed by atoms with Gasteiger partial charge in [0.15, 0.2) is 0 Å². The number of carbonyl (C=O) groups excluding carboxylic acids is 1. The van der Waals surface area contributed by atoms with Crippen LogP contribution < -0.4 is 11.1 Å². The van der Waals surface area contributed by atoms with E-state index in [9.17, 15) is 14.9 Å². The van der Waals surface area contributed by atoms with Gasteiger partial charge in [-0.1, -0.05) is 6.92 Å². The van der Waals surface area contributed by atoms with Crippen LogP contribution in [0.15, 0.2) is 23.2 Å². The maximum Gasteiger partial charge on any atom is 0.269 e. The van der Waals surface area contributed by atoms with Gasteiger partial charge in [-0.3, -0.25) is 20.2 Å². The Morgan fingerprint density at radius 2 is 2.22 bits per heavy atom. The summed E-state index contributed by atoms with van der Waals surface area (Å²) in [5.41, 5.74) is 6.72. The maximum absolute atomic E-state index is 10.8. The van der Waals surface area contributed by atoms with Crippen LogP contribution >= 0.6 is 0 Å². The summed E-state index contributed by atoms with van der Waals surface area (Å²) in [6.07, 6.45) is 0.577. The second-order valence-corrected chi connectivity index (χ2v) is 3.60. The predicted molar refractivity (Wildman–Crippen MR) is 67.6 cm³/mol. The molecule has 0 bridgehead atoms. The Labute approximate surface area is 104 Å². The number of nitrogens with two attached hydrogens (primary N) is 1. The first-order valence-electron chi connectivity index (χ1n) is 5.33. The van der Waals surface area contributed by atoms with Crippen molar-refractivity contribution in [3.05, 3.63) is 33.9 Å². The number of nitro benzene ring substituents is 1. The normalized spacial score (nSPS) is 11.1. The van der Waals surface area contributed by atoms with E-state index in [1.807, 2.05) is 6.92 Å². The van der Waals surface area contributed by atoms with Gasteiger partial charge >= 0.3 is 0 Å². The van der Waals surface area contributed by atoms with Gasteiger partial charge in [0, 0.05) is 19.1 Å². The smallest absolute Gasteiger partial charge is 0.269 e. The molecule has 7 nitrogen and oxygen atoms in total. The van der Waals surface area contributed by atoms with Crippen molar-refractivity contribution in [3.8, 4) is 0 Å². The third-order valence-corrected chi connectivity index (χ3v) is 2.20. The zero-order valence-corrected chi connectivity index (χ0v) is 10.1. The number of aliphatic imine (C=N–C) groups is 1. The van der Waals surface area contributed by atoms with E-state index in [0.29, 0.717) is 17.7 Å². The molecule has 0 aromatic heterocycles. The van der Waals surface area contributed by atoms with Crippen LogP contribution in [0.5, 0.6) is 0 Å². The third kappa shape index (κ3) is 3.55. The summed E-state index contributed by atoms with van der Waals surface area (Å²) >= 11 is 0. The van der Waals surface area contributed by atoms with Gasteiger partial charge in [-0.15, -0.1) is 0 Å². The Balaban J connectivity index is 3.09. The SMILES string of the molecule is CCc1cc([N+](=O)[O-])ccc1N=C(N)NC(C)=O. The molecule has 18 heavy (non-hydrogen) atoms. The molecule has 0 aliphatic heterocycles. The van der Waals surface area contributed by atoms with Crippen molar-refractivity contribution >= 4 is 23.2 Å². The summed E-state index contributed by atoms with van der Waals surface area (Å²) in [6, 6.07) is 4.30. The van der Waals surface area contributed by atoms with Gasteiger partial charge in [-0.2, -0.15) is 0 Å². The molecule has 1 aromatic carbocycles. The van der Waals surface area contributed by atoms with E-state index in [1.54, 1.807) is 0 Å². The Morgan fingerprint density at radius 1 is 1.56 bits per heavy atom. The first kappa shape index (κ1) is 13.6. The summed E-state index contributed by atoms with van der Waals surface area (Å²) in [4.78, 5) is 25.0. The first-order chi connectivity index (χ1) is 8.43. The summed E-state index contributed by atoms with van der Waals surface area (Å²) < 4.78 is 0. The predicted octanol–water partition coefficient (Wildman–Crippen LogP) is 1.24. The van der Waals surface area contributed by atoms with Crippen LogP contribution in [0, 0.1) is 10.1 Å². The highest BCUT2D eigenvalue weighted by atomic mass is 16.6. The first-order valence-corrected chi connectivity index (χ1v) is 5.33. The number of hydrogen-bond donors (Lipinski definition) is 2. The van der Waals surface area contributed by atoms with Crippen molar-refractivity contribution in [3.63, 3.8) is 0 Å². The Bertz CT molecular complexity index is 511. The van der Waals surface area contributed by atoms with Crippen LogP contribution in [-0.4, -0.2) is 16.8 Å². The Hall–Kier alpha value is -2.44. The van der Waals surface area contributed by atoms with Gasteiger partial charge in [0.2, 0.25) is 11.9 Å². The van der Waals surface area contributed by atoms with Gasteiger partial charge in [-0.05, 0) is 18.1 Å². The number of amides is 1. The standard InChI is InChI=1S/C11H14N4O3/c1-3-8-6-9(15(17)18)4-5-10(8)14-11(12)13-7(2)16/h4-6H,3H2,1-2H3,(H3,12,13,14,16). The number of nitrogens with one attached hydrogen (secondary N) is 1. The van der Waals surface area contributed by atoms with Crippen molar-refractivity contribution in [1.29, 1.82) is 0 Å². The summed E-state index contributed by atoms with van der Waals surface area (Å²) in [7, 11) is 0. The van der Waals surface area contributed by atoms with Crippen LogP contribution in [-0.2, 0) is 11.2 Å². The number of carbonyl (C=O) groups is 1. The lowest BCUT2D eigenvalue weighted by Crippen LogP contribution is -2.34. The van der Waals surface area contributed by atoms with Gasteiger partial charge in [0.05, 0.1) is 10.6 Å². The average Bonchev–Trinajstić information content (AvgIpc) is 2.27. The summed E-state index contributed by atoms with van der Waals surface area (Å²) in [5.74, 6) is -0.359. The van der Waals surface area contributed by atoms with E-state index in [1.165, 1.54) is 25.1 Å². The molecule has 0 fully saturated rings. The van der Waals surface area contributed by atoms with Crippen molar-refractivity contribution < 1.29 is 9.72 Å². The van der Waals surface area contributed by atoms with Crippen molar-refractivity contribution in [2.24, 2.45) is 10.7 Å². The molecular weight excluding hydrogens is 236 g/mol. The molecule has 0 unspecified atom stereocenters. The Kier molecular flexibility index (Phi) is 4.36. The number of guanidine groups is 1. The molecule has 0 aliphatic rings. The fraction of sp³-hybridized carbons (Fsp3) is 0.273. The molecule has 1 rings (SSSR count). The Morgan fingerprint density at radius 3 is 2.72 bits per heavy atom. The number of hydrogen-bond acceptors (Lipinski definition) is 4. The number of rotatable bonds is 3. The number of nitrogens with zero attached hydrogens (tertiary/aromatic N) is 2. The van der Waals surface area contributed by atoms with Crippen LogP contribution in [0.3, 0.4) is 0 Å². The molecule has 7 heteroatoms. The maximum atomic E-state index is 10.8. The quantitative estimate of drug-likeness (QED) is 0.364. The van der Waals surface area contributed by atoms with Gasteiger partial charge in [0.25, 0.3) is 5.69 Å². The van der Waals surface area contributed by atoms with Crippen LogP contribution in [0.25, 0.3) is 0 Å². The fourth-order valence-corrected chi connectivity index (χ4v) is 1.42. The highest BCUT2D eigenvalue weighted by molar-refractivity contribution is 5.96. The molecule has 0 radical (unpaired) electrons. The topological polar surface area (TPSA) is 111 Å². The fourth-order valence-electron chi connectivity index (χ4n) is 1.42. The van der Waals surface area contributed by atoms with E-state index >= 15 is 0 Å². The number of non-ortho nitro benzene ring substituents is 1. The monoisotopic (exact) mass is 250 g/mol. The molecule has 0 spiro atoms. The molecule has 0 atom stereocenters. The number of nitro groups is 1. The highest BCUT2D eigenvalue weighted by Gasteiger charge is 2.09. The molecule has 1 aromatic rings. The lowest BCUT2D eigenvalue weighted by atomic mass is 10.1. The van der Waals surface area contributed by atoms with Crippen LogP contribution in [0.1, 0.15) is 19.4 Å². The van der Waals surface area contributed by atoms with Crippen LogP contribution in [0.2, 0.25) is 0 Å². The molecule has 0 saturated carbocycles. The average molecular weight is 250 g/mol. The van der Waals surface area contributed by atoms with E-state index in [-0.39, 0.29) is 17.6 Å². The molecule has 96 valence electrons. The van der Waals surface area contributed by atoms with E-state index in [4.69, 9.17) is 5.73 Å². The van der Waals surface area contributed by atoms with E-state index in [2.05, 4.69) is 10.3 Å². The second kappa shape index (κ2) is 5.76. The van der Waals surface area contributed by atoms with Gasteiger partial charge in [0.1, 0.15) is 0 Å². The number of benzene rings is 1. The van der Waals surface area contributed by atoms with Gasteiger partial charge < -0.3 is 5.73 Å². The van der Waals surface area contributed by atoms with E-state index in [0.717, 1.165) is 0 Å². The van der Waals surface area contributed by atoms with Crippen molar-refractivity contribution in [1.82, 2.24) is 5.32 Å². The minimum absolute atomic E-state index is 0.00361. The highest BCUT2D eigenvalue weighted by Crippen LogP contribution is 2.24. The van der Waals surface area contributed by atoms with Gasteiger partial charge in [-0.25, -0.2) is 4.99 Å². The van der Waals surface area contributed by atoms with Crippen molar-refractivity contribution in [2.75, 3.05) is 0 Å². The molecule has 1 amide bonds. The molecule has 3 N–H and O–H groups in total. The molecule has 0 aliphatic carbocycles. The van der Waals surface area contributed by atoms with Crippen molar-refractivity contribution in [2.45, 2.75) is 20.3 Å². The van der Waals surface area contributed by atoms with Crippen LogP contribution in [0.4, 0.5) is 11.4 Å². The summed E-state index contributed by atoms with van der Waals surface area (Å²) in [6.45, 7) is 3.17. The third-order valence-electron chi connectivity index (χ3n) is 2.20. The summed E-state index contributed by atoms with van der Waals surface area (Å²) in [5, 5.41) is 13.0. The lowest BCUT2D eigenvalue weighted by Gasteiger charge is -2.05. The minimum atomic E-state index is -0.468. The number of aryl methyl sites for hydroxylation is 1. The van der Waals surface area contributed by atoms with E-state index < -0.39 is 4.92 Å². The zero-order chi connectivity index (χ0) is 13.7. The molecular formula is C11H14N4O3. The molecule has 0 heterocycles. The largest absolute Gasteiger partial charge is 0.369 e. The lowest BCUT2D eigenvalue weighted by molar-refractivity contribution is -0.384. The second-order valence-electron chi connectivity index (χ2n) is 3.60. The zero-order valence-electron chi connectivity index (χ0n) is 10.1.